The van der Waals surface area contributed by atoms with Crippen LogP contribution in [0.25, 0.3) is 0 Å². The van der Waals surface area contributed by atoms with Gasteiger partial charge in [-0.25, -0.2) is 0 Å². The van der Waals surface area contributed by atoms with E-state index >= 15 is 0 Å². The quantitative estimate of drug-likeness (QED) is 0.731. The van der Waals surface area contributed by atoms with E-state index in [0.29, 0.717) is 16.5 Å². The number of hydrogen-bond donors (Lipinski definition) is 1. The van der Waals surface area contributed by atoms with Crippen LogP contribution in [0.1, 0.15) is 51.2 Å². The molecule has 21 heavy (non-hydrogen) atoms. The monoisotopic (exact) mass is 329 g/mol. The van der Waals surface area contributed by atoms with E-state index in [1.165, 1.54) is 19.3 Å². The average molecular weight is 330 g/mol. The van der Waals surface area contributed by atoms with Gasteiger partial charge in [0, 0.05) is 18.2 Å². The highest BCUT2D eigenvalue weighted by Gasteiger charge is 2.29. The first-order valence-electron chi connectivity index (χ1n) is 7.85. The van der Waals surface area contributed by atoms with Gasteiger partial charge in [0.05, 0.1) is 16.1 Å². The molecule has 1 aromatic rings. The molecule has 1 aliphatic carbocycles. The molecule has 0 aromatic heterocycles. The Bertz CT molecular complexity index is 460. The number of aliphatic hydroxyl groups is 1. The summed E-state index contributed by atoms with van der Waals surface area (Å²) in [4.78, 5) is 2.52. The Morgan fingerprint density at radius 1 is 1.19 bits per heavy atom. The predicted octanol–water partition coefficient (Wildman–Crippen LogP) is 4.93. The fourth-order valence-corrected chi connectivity index (χ4v) is 3.00. The third-order valence-corrected chi connectivity index (χ3v) is 4.92. The Morgan fingerprint density at radius 2 is 1.86 bits per heavy atom. The summed E-state index contributed by atoms with van der Waals surface area (Å²) < 4.78 is 0. The van der Waals surface area contributed by atoms with Crippen LogP contribution in [0.2, 0.25) is 10.0 Å². The van der Waals surface area contributed by atoms with Gasteiger partial charge >= 0.3 is 0 Å². The van der Waals surface area contributed by atoms with Gasteiger partial charge in [0.15, 0.2) is 0 Å². The van der Waals surface area contributed by atoms with Crippen molar-refractivity contribution in [2.45, 2.75) is 51.7 Å². The third-order valence-electron chi connectivity index (χ3n) is 4.09. The number of benzene rings is 1. The second kappa shape index (κ2) is 7.82. The second-order valence-corrected chi connectivity index (χ2v) is 7.18. The van der Waals surface area contributed by atoms with Crippen molar-refractivity contribution in [3.05, 3.63) is 33.8 Å². The van der Waals surface area contributed by atoms with Crippen LogP contribution in [0.4, 0.5) is 0 Å². The van der Waals surface area contributed by atoms with Gasteiger partial charge in [0.25, 0.3) is 0 Å². The van der Waals surface area contributed by atoms with Crippen molar-refractivity contribution in [3.8, 4) is 0 Å². The van der Waals surface area contributed by atoms with E-state index in [1.807, 2.05) is 12.1 Å². The molecule has 0 aliphatic heterocycles. The Balaban J connectivity index is 1.89. The summed E-state index contributed by atoms with van der Waals surface area (Å²) in [5.74, 6) is 0.721. The van der Waals surface area contributed by atoms with E-state index in [9.17, 15) is 5.11 Å². The molecule has 1 N–H and O–H groups in total. The molecule has 1 unspecified atom stereocenters. The summed E-state index contributed by atoms with van der Waals surface area (Å²) >= 11 is 12.2. The Labute approximate surface area is 138 Å². The van der Waals surface area contributed by atoms with Crippen molar-refractivity contribution >= 4 is 23.2 Å². The van der Waals surface area contributed by atoms with Crippen LogP contribution in [-0.2, 0) is 0 Å². The van der Waals surface area contributed by atoms with Crippen LogP contribution in [0.3, 0.4) is 0 Å². The zero-order valence-corrected chi connectivity index (χ0v) is 14.4. The first kappa shape index (κ1) is 17.1. The predicted molar refractivity (Wildman–Crippen MR) is 90.1 cm³/mol. The highest BCUT2D eigenvalue weighted by molar-refractivity contribution is 6.42. The highest BCUT2D eigenvalue weighted by Crippen LogP contribution is 2.33. The summed E-state index contributed by atoms with van der Waals surface area (Å²) in [7, 11) is 0. The van der Waals surface area contributed by atoms with Crippen molar-refractivity contribution in [1.29, 1.82) is 0 Å². The van der Waals surface area contributed by atoms with Crippen LogP contribution in [-0.4, -0.2) is 29.1 Å². The molecule has 118 valence electrons. The molecule has 1 fully saturated rings. The van der Waals surface area contributed by atoms with Crippen LogP contribution in [0.5, 0.6) is 0 Å². The molecule has 4 heteroatoms. The van der Waals surface area contributed by atoms with Gasteiger partial charge in [0.2, 0.25) is 0 Å². The van der Waals surface area contributed by atoms with Gasteiger partial charge in [-0.15, -0.1) is 0 Å². The fourth-order valence-electron chi connectivity index (χ4n) is 2.56. The first-order chi connectivity index (χ1) is 9.99. The molecule has 0 radical (unpaired) electrons. The van der Waals surface area contributed by atoms with Gasteiger partial charge in [-0.1, -0.05) is 49.2 Å². The Kier molecular flexibility index (Phi) is 6.36. The molecular weight excluding hydrogens is 305 g/mol. The topological polar surface area (TPSA) is 23.5 Å². The Morgan fingerprint density at radius 3 is 2.48 bits per heavy atom. The van der Waals surface area contributed by atoms with Gasteiger partial charge in [-0.3, -0.25) is 0 Å². The molecule has 0 amide bonds. The summed E-state index contributed by atoms with van der Waals surface area (Å²) in [6.45, 7) is 6.55. The van der Waals surface area contributed by atoms with E-state index in [1.54, 1.807) is 6.07 Å². The minimum absolute atomic E-state index is 0.479. The molecule has 1 aliphatic rings. The lowest BCUT2D eigenvalue weighted by Crippen LogP contribution is -2.30. The number of hydrogen-bond acceptors (Lipinski definition) is 2. The molecule has 0 bridgehead atoms. The lowest BCUT2D eigenvalue weighted by molar-refractivity contribution is 0.137. The lowest BCUT2D eigenvalue weighted by atomic mass is 10.1. The van der Waals surface area contributed by atoms with Crippen molar-refractivity contribution in [2.24, 2.45) is 5.92 Å². The van der Waals surface area contributed by atoms with Gasteiger partial charge in [-0.05, 0) is 44.2 Å². The SMILES string of the molecule is CC(C)CCN(CCC(O)c1cccc(Cl)c1Cl)C1CC1. The van der Waals surface area contributed by atoms with E-state index in [-0.39, 0.29) is 0 Å². The maximum absolute atomic E-state index is 10.4. The van der Waals surface area contributed by atoms with Crippen molar-refractivity contribution < 1.29 is 5.11 Å². The normalized spacial score (nSPS) is 16.7. The highest BCUT2D eigenvalue weighted by atomic mass is 35.5. The van der Waals surface area contributed by atoms with Crippen LogP contribution in [0, 0.1) is 5.92 Å². The number of rotatable bonds is 8. The molecule has 0 spiro atoms. The van der Waals surface area contributed by atoms with Crippen LogP contribution in [0.15, 0.2) is 18.2 Å². The van der Waals surface area contributed by atoms with Gasteiger partial charge in [-0.2, -0.15) is 0 Å². The fraction of sp³-hybridized carbons (Fsp3) is 0.647. The molecule has 1 saturated carbocycles. The van der Waals surface area contributed by atoms with Crippen molar-refractivity contribution in [1.82, 2.24) is 4.90 Å². The summed E-state index contributed by atoms with van der Waals surface area (Å²) in [6, 6.07) is 6.17. The summed E-state index contributed by atoms with van der Waals surface area (Å²) in [6.07, 6.45) is 3.97. The first-order valence-corrected chi connectivity index (χ1v) is 8.60. The van der Waals surface area contributed by atoms with Gasteiger partial charge < -0.3 is 10.0 Å². The lowest BCUT2D eigenvalue weighted by Gasteiger charge is -2.24. The zero-order chi connectivity index (χ0) is 15.4. The summed E-state index contributed by atoms with van der Waals surface area (Å²) in [5, 5.41) is 11.4. The van der Waals surface area contributed by atoms with E-state index in [2.05, 4.69) is 18.7 Å². The molecule has 0 heterocycles. The Hall–Kier alpha value is -0.280. The second-order valence-electron chi connectivity index (χ2n) is 6.40. The number of aliphatic hydroxyl groups excluding tert-OH is 1. The molecule has 1 aromatic carbocycles. The molecular formula is C17H25Cl2NO. The smallest absolute Gasteiger partial charge is 0.0817 e. The minimum atomic E-state index is -0.545. The molecule has 2 rings (SSSR count). The standard InChI is InChI=1S/C17H25Cl2NO/c1-12(2)8-10-20(13-6-7-13)11-9-16(21)14-4-3-5-15(18)17(14)19/h3-5,12-13,16,21H,6-11H2,1-2H3. The van der Waals surface area contributed by atoms with Crippen molar-refractivity contribution in [2.75, 3.05) is 13.1 Å². The zero-order valence-electron chi connectivity index (χ0n) is 12.9. The van der Waals surface area contributed by atoms with Gasteiger partial charge in [0.1, 0.15) is 0 Å². The molecule has 2 nitrogen and oxygen atoms in total. The van der Waals surface area contributed by atoms with E-state index in [4.69, 9.17) is 23.2 Å². The van der Waals surface area contributed by atoms with Crippen molar-refractivity contribution in [3.63, 3.8) is 0 Å². The molecule has 0 saturated heterocycles. The minimum Gasteiger partial charge on any atom is -0.388 e. The van der Waals surface area contributed by atoms with E-state index < -0.39 is 6.10 Å². The van der Waals surface area contributed by atoms with Crippen LogP contribution < -0.4 is 0 Å². The number of halogens is 2. The summed E-state index contributed by atoms with van der Waals surface area (Å²) in [5.41, 5.74) is 0.740. The maximum atomic E-state index is 10.4. The maximum Gasteiger partial charge on any atom is 0.0817 e. The number of nitrogens with zero attached hydrogens (tertiary/aromatic N) is 1. The van der Waals surface area contributed by atoms with E-state index in [0.717, 1.165) is 30.6 Å². The third kappa shape index (κ3) is 5.14. The molecule has 1 atom stereocenters. The largest absolute Gasteiger partial charge is 0.388 e. The average Bonchev–Trinajstić information content (AvgIpc) is 3.26. The van der Waals surface area contributed by atoms with Crippen LogP contribution >= 0.6 is 23.2 Å².